The zero-order valence-corrected chi connectivity index (χ0v) is 11.2. The molecule has 0 saturated carbocycles. The standard InChI is InChI=1S/C14H14N4O3/c19-14(20)13-11(10-3-1-2-4-12(10)21-13)9-15-5-7-18-8-6-16-17-18/h1-4,6,8,15H,5,7,9H2,(H,19,20). The monoisotopic (exact) mass is 286 g/mol. The van der Waals surface area contributed by atoms with Crippen LogP contribution in [0.2, 0.25) is 0 Å². The van der Waals surface area contributed by atoms with Gasteiger partial charge in [0.1, 0.15) is 5.58 Å². The molecule has 0 spiro atoms. The highest BCUT2D eigenvalue weighted by Crippen LogP contribution is 2.25. The van der Waals surface area contributed by atoms with Gasteiger partial charge in [-0.3, -0.25) is 4.68 Å². The number of aromatic nitrogens is 3. The number of nitrogens with zero attached hydrogens (tertiary/aromatic N) is 3. The molecule has 21 heavy (non-hydrogen) atoms. The third-order valence-electron chi connectivity index (χ3n) is 3.18. The average molecular weight is 286 g/mol. The SMILES string of the molecule is O=C(O)c1oc2ccccc2c1CNCCn1ccnn1. The van der Waals surface area contributed by atoms with Crippen LogP contribution in [-0.4, -0.2) is 32.6 Å². The quantitative estimate of drug-likeness (QED) is 0.667. The lowest BCUT2D eigenvalue weighted by Crippen LogP contribution is -2.20. The molecule has 0 fully saturated rings. The Kier molecular flexibility index (Phi) is 3.65. The van der Waals surface area contributed by atoms with Gasteiger partial charge in [-0.1, -0.05) is 23.4 Å². The molecular weight excluding hydrogens is 272 g/mol. The molecule has 0 aliphatic heterocycles. The maximum atomic E-state index is 11.3. The molecular formula is C14H14N4O3. The van der Waals surface area contributed by atoms with Gasteiger partial charge in [-0.15, -0.1) is 5.10 Å². The summed E-state index contributed by atoms with van der Waals surface area (Å²) in [6.45, 7) is 1.74. The summed E-state index contributed by atoms with van der Waals surface area (Å²) in [5.41, 5.74) is 1.25. The fourth-order valence-electron chi connectivity index (χ4n) is 2.21. The Bertz CT molecular complexity index is 749. The molecule has 0 bridgehead atoms. The third kappa shape index (κ3) is 2.77. The number of aromatic carboxylic acids is 1. The van der Waals surface area contributed by atoms with Crippen molar-refractivity contribution in [3.05, 3.63) is 48.0 Å². The highest BCUT2D eigenvalue weighted by atomic mass is 16.4. The van der Waals surface area contributed by atoms with Crippen molar-refractivity contribution in [2.24, 2.45) is 0 Å². The summed E-state index contributed by atoms with van der Waals surface area (Å²) < 4.78 is 7.10. The first-order chi connectivity index (χ1) is 10.3. The maximum absolute atomic E-state index is 11.3. The molecule has 108 valence electrons. The van der Waals surface area contributed by atoms with Gasteiger partial charge in [0.05, 0.1) is 12.7 Å². The number of carboxylic acids is 1. The smallest absolute Gasteiger partial charge is 0.372 e. The lowest BCUT2D eigenvalue weighted by Gasteiger charge is -2.04. The van der Waals surface area contributed by atoms with E-state index >= 15 is 0 Å². The molecule has 7 heteroatoms. The first kappa shape index (κ1) is 13.3. The van der Waals surface area contributed by atoms with Gasteiger partial charge in [0.25, 0.3) is 0 Å². The molecule has 2 heterocycles. The number of hydrogen-bond acceptors (Lipinski definition) is 5. The van der Waals surface area contributed by atoms with Gasteiger partial charge in [0, 0.05) is 30.2 Å². The first-order valence-electron chi connectivity index (χ1n) is 6.54. The van der Waals surface area contributed by atoms with Crippen molar-refractivity contribution in [2.75, 3.05) is 6.54 Å². The molecule has 2 aromatic heterocycles. The van der Waals surface area contributed by atoms with Gasteiger partial charge in [-0.25, -0.2) is 4.79 Å². The Morgan fingerprint density at radius 1 is 1.38 bits per heavy atom. The van der Waals surface area contributed by atoms with Gasteiger partial charge in [-0.2, -0.15) is 0 Å². The molecule has 0 unspecified atom stereocenters. The number of furan rings is 1. The minimum atomic E-state index is -1.06. The van der Waals surface area contributed by atoms with Crippen molar-refractivity contribution in [3.8, 4) is 0 Å². The largest absolute Gasteiger partial charge is 0.475 e. The molecule has 0 saturated heterocycles. The molecule has 0 aliphatic rings. The summed E-state index contributed by atoms with van der Waals surface area (Å²) in [6.07, 6.45) is 3.39. The van der Waals surface area contributed by atoms with Crippen LogP contribution in [0.4, 0.5) is 0 Å². The van der Waals surface area contributed by atoms with Crippen molar-refractivity contribution in [1.82, 2.24) is 20.3 Å². The van der Waals surface area contributed by atoms with Gasteiger partial charge in [-0.05, 0) is 6.07 Å². The summed E-state index contributed by atoms with van der Waals surface area (Å²) in [7, 11) is 0. The van der Waals surface area contributed by atoms with E-state index in [1.807, 2.05) is 18.2 Å². The number of hydrogen-bond donors (Lipinski definition) is 2. The van der Waals surface area contributed by atoms with Gasteiger partial charge in [0.15, 0.2) is 0 Å². The van der Waals surface area contributed by atoms with Crippen molar-refractivity contribution >= 4 is 16.9 Å². The van der Waals surface area contributed by atoms with Crippen LogP contribution in [-0.2, 0) is 13.1 Å². The van der Waals surface area contributed by atoms with E-state index in [1.54, 1.807) is 23.1 Å². The molecule has 3 rings (SSSR count). The van der Waals surface area contributed by atoms with Crippen molar-refractivity contribution < 1.29 is 14.3 Å². The Labute approximate surface area is 120 Å². The molecule has 3 aromatic rings. The predicted octanol–water partition coefficient (Wildman–Crippen LogP) is 1.51. The molecule has 0 aliphatic carbocycles. The highest BCUT2D eigenvalue weighted by molar-refractivity contribution is 5.95. The minimum absolute atomic E-state index is 0.00976. The summed E-state index contributed by atoms with van der Waals surface area (Å²) >= 11 is 0. The first-order valence-corrected chi connectivity index (χ1v) is 6.54. The van der Waals surface area contributed by atoms with E-state index in [-0.39, 0.29) is 5.76 Å². The number of nitrogens with one attached hydrogen (secondary N) is 1. The van der Waals surface area contributed by atoms with Crippen LogP contribution in [0.3, 0.4) is 0 Å². The normalized spacial score (nSPS) is 11.0. The second-order valence-corrected chi connectivity index (χ2v) is 4.55. The van der Waals surface area contributed by atoms with E-state index in [9.17, 15) is 9.90 Å². The number of para-hydroxylation sites is 1. The van der Waals surface area contributed by atoms with Crippen molar-refractivity contribution in [1.29, 1.82) is 0 Å². The van der Waals surface area contributed by atoms with Gasteiger partial charge < -0.3 is 14.8 Å². The Morgan fingerprint density at radius 2 is 2.24 bits per heavy atom. The Hall–Kier alpha value is -2.67. The van der Waals surface area contributed by atoms with Crippen LogP contribution < -0.4 is 5.32 Å². The Balaban J connectivity index is 1.73. The average Bonchev–Trinajstić information content (AvgIpc) is 3.11. The Morgan fingerprint density at radius 3 is 3.00 bits per heavy atom. The van der Waals surface area contributed by atoms with E-state index in [1.165, 1.54) is 0 Å². The van der Waals surface area contributed by atoms with Gasteiger partial charge in [0.2, 0.25) is 5.76 Å². The van der Waals surface area contributed by atoms with Crippen molar-refractivity contribution in [2.45, 2.75) is 13.1 Å². The van der Waals surface area contributed by atoms with E-state index in [2.05, 4.69) is 15.6 Å². The topological polar surface area (TPSA) is 93.2 Å². The number of benzene rings is 1. The highest BCUT2D eigenvalue weighted by Gasteiger charge is 2.18. The van der Waals surface area contributed by atoms with E-state index in [0.29, 0.717) is 30.8 Å². The zero-order valence-electron chi connectivity index (χ0n) is 11.2. The second-order valence-electron chi connectivity index (χ2n) is 4.55. The van der Waals surface area contributed by atoms with Crippen LogP contribution in [0.5, 0.6) is 0 Å². The molecule has 1 aromatic carbocycles. The lowest BCUT2D eigenvalue weighted by atomic mass is 10.1. The lowest BCUT2D eigenvalue weighted by molar-refractivity contribution is 0.0663. The van der Waals surface area contributed by atoms with Crippen LogP contribution in [0.15, 0.2) is 41.1 Å². The number of carboxylic acid groups (broad SMARTS) is 1. The number of carbonyl (C=O) groups is 1. The van der Waals surface area contributed by atoms with Crippen LogP contribution in [0.25, 0.3) is 11.0 Å². The fourth-order valence-corrected chi connectivity index (χ4v) is 2.21. The van der Waals surface area contributed by atoms with Crippen LogP contribution >= 0.6 is 0 Å². The van der Waals surface area contributed by atoms with Gasteiger partial charge >= 0.3 is 5.97 Å². The zero-order chi connectivity index (χ0) is 14.7. The molecule has 0 amide bonds. The maximum Gasteiger partial charge on any atom is 0.372 e. The fraction of sp³-hybridized carbons (Fsp3) is 0.214. The molecule has 2 N–H and O–H groups in total. The second kappa shape index (κ2) is 5.76. The minimum Gasteiger partial charge on any atom is -0.475 e. The van der Waals surface area contributed by atoms with Crippen LogP contribution in [0, 0.1) is 0 Å². The molecule has 0 atom stereocenters. The summed E-state index contributed by atoms with van der Waals surface area (Å²) in [5, 5.41) is 20.8. The molecule has 0 radical (unpaired) electrons. The number of fused-ring (bicyclic) bond motifs is 1. The van der Waals surface area contributed by atoms with E-state index < -0.39 is 5.97 Å². The number of rotatable bonds is 6. The summed E-state index contributed by atoms with van der Waals surface area (Å²) in [4.78, 5) is 11.3. The predicted molar refractivity (Wildman–Crippen MR) is 74.9 cm³/mol. The van der Waals surface area contributed by atoms with Crippen molar-refractivity contribution in [3.63, 3.8) is 0 Å². The summed E-state index contributed by atoms with van der Waals surface area (Å²) in [5.74, 6) is -1.07. The summed E-state index contributed by atoms with van der Waals surface area (Å²) in [6, 6.07) is 7.31. The van der Waals surface area contributed by atoms with Crippen LogP contribution in [0.1, 0.15) is 16.1 Å². The molecule has 7 nitrogen and oxygen atoms in total. The van der Waals surface area contributed by atoms with E-state index in [4.69, 9.17) is 4.42 Å². The third-order valence-corrected chi connectivity index (χ3v) is 3.18. The van der Waals surface area contributed by atoms with E-state index in [0.717, 1.165) is 5.39 Å².